The van der Waals surface area contributed by atoms with Gasteiger partial charge in [-0.15, -0.1) is 0 Å². The fraction of sp³-hybridized carbons (Fsp3) is 0.148. The van der Waals surface area contributed by atoms with Crippen molar-refractivity contribution in [2.45, 2.75) is 13.5 Å². The van der Waals surface area contributed by atoms with Crippen molar-refractivity contribution >= 4 is 40.6 Å². The zero-order valence-corrected chi connectivity index (χ0v) is 20.4. The third-order valence-electron chi connectivity index (χ3n) is 5.31. The van der Waals surface area contributed by atoms with Gasteiger partial charge in [0.05, 0.1) is 23.3 Å². The van der Waals surface area contributed by atoms with Crippen molar-refractivity contribution in [2.75, 3.05) is 13.7 Å². The zero-order valence-electron chi connectivity index (χ0n) is 19.6. The van der Waals surface area contributed by atoms with Crippen LogP contribution in [0.3, 0.4) is 0 Å². The van der Waals surface area contributed by atoms with E-state index in [1.54, 1.807) is 53.4 Å². The van der Waals surface area contributed by atoms with Gasteiger partial charge in [0.1, 0.15) is 12.4 Å². The summed E-state index contributed by atoms with van der Waals surface area (Å²) in [5, 5.41) is 9.58. The number of amides is 1. The SMILES string of the molecule is CCN1C(=O)/C(=C/c2ccc(OCc3cccc(F)c3)c(OC)c2)SC1=Nc1ccc(C(=O)O)cc1. The number of methoxy groups -OCH3 is 1. The van der Waals surface area contributed by atoms with Gasteiger partial charge in [-0.05, 0) is 84.4 Å². The number of carbonyl (C=O) groups is 2. The van der Waals surface area contributed by atoms with Gasteiger partial charge >= 0.3 is 5.97 Å². The topological polar surface area (TPSA) is 88.4 Å². The summed E-state index contributed by atoms with van der Waals surface area (Å²) in [6.07, 6.45) is 1.75. The first-order chi connectivity index (χ1) is 17.4. The molecule has 3 aromatic rings. The van der Waals surface area contributed by atoms with E-state index in [1.807, 2.05) is 6.92 Å². The van der Waals surface area contributed by atoms with Gasteiger partial charge in [0.15, 0.2) is 16.7 Å². The third kappa shape index (κ3) is 5.75. The highest BCUT2D eigenvalue weighted by molar-refractivity contribution is 8.18. The maximum atomic E-state index is 13.4. The van der Waals surface area contributed by atoms with Gasteiger partial charge in [0, 0.05) is 6.54 Å². The zero-order chi connectivity index (χ0) is 25.7. The third-order valence-corrected chi connectivity index (χ3v) is 6.32. The quantitative estimate of drug-likeness (QED) is 0.392. The van der Waals surface area contributed by atoms with Gasteiger partial charge in [0.25, 0.3) is 5.91 Å². The van der Waals surface area contributed by atoms with Gasteiger partial charge in [-0.25, -0.2) is 14.2 Å². The van der Waals surface area contributed by atoms with Crippen LogP contribution in [0.5, 0.6) is 11.5 Å². The Bertz CT molecular complexity index is 1350. The number of carboxylic acids is 1. The fourth-order valence-corrected chi connectivity index (χ4v) is 4.55. The number of ether oxygens (including phenoxy) is 2. The molecule has 0 saturated carbocycles. The van der Waals surface area contributed by atoms with Crippen LogP contribution in [0.4, 0.5) is 10.1 Å². The van der Waals surface area contributed by atoms with Gasteiger partial charge in [0.2, 0.25) is 0 Å². The Morgan fingerprint density at radius 1 is 1.11 bits per heavy atom. The van der Waals surface area contributed by atoms with Crippen LogP contribution in [0.25, 0.3) is 6.08 Å². The lowest BCUT2D eigenvalue weighted by Crippen LogP contribution is -2.28. The number of carboxylic acid groups (broad SMARTS) is 1. The second-order valence-corrected chi connectivity index (χ2v) is 8.74. The standard InChI is InChI=1S/C27H23FN2O5S/c1-3-30-25(31)24(36-27(30)29-21-10-8-19(9-11-21)26(32)33)15-17-7-12-22(23(14-17)34-2)35-16-18-5-4-6-20(28)13-18/h4-15H,3,16H2,1-2H3,(H,32,33)/b24-15-,29-27?. The Balaban J connectivity index is 1.53. The molecule has 0 aliphatic carbocycles. The van der Waals surface area contributed by atoms with Gasteiger partial charge < -0.3 is 14.6 Å². The molecule has 1 saturated heterocycles. The molecule has 4 rings (SSSR count). The monoisotopic (exact) mass is 506 g/mol. The Morgan fingerprint density at radius 2 is 1.89 bits per heavy atom. The summed E-state index contributed by atoms with van der Waals surface area (Å²) in [6.45, 7) is 2.48. The molecule has 1 amide bonds. The average Bonchev–Trinajstić information content (AvgIpc) is 3.16. The molecule has 1 heterocycles. The van der Waals surface area contributed by atoms with E-state index in [-0.39, 0.29) is 23.9 Å². The molecule has 0 aromatic heterocycles. The van der Waals surface area contributed by atoms with Crippen LogP contribution in [0.2, 0.25) is 0 Å². The Morgan fingerprint density at radius 3 is 2.56 bits per heavy atom. The normalized spacial score (nSPS) is 15.5. The summed E-state index contributed by atoms with van der Waals surface area (Å²) in [5.74, 6) is -0.535. The average molecular weight is 507 g/mol. The smallest absolute Gasteiger partial charge is 0.335 e. The number of thioether (sulfide) groups is 1. The summed E-state index contributed by atoms with van der Waals surface area (Å²) >= 11 is 1.24. The van der Waals surface area contributed by atoms with E-state index < -0.39 is 5.97 Å². The Hall–Kier alpha value is -4.11. The van der Waals surface area contributed by atoms with Crippen LogP contribution in [-0.2, 0) is 11.4 Å². The molecule has 1 aliphatic rings. The van der Waals surface area contributed by atoms with Crippen LogP contribution >= 0.6 is 11.8 Å². The number of carbonyl (C=O) groups excluding carboxylic acids is 1. The minimum Gasteiger partial charge on any atom is -0.493 e. The number of likely N-dealkylation sites (N-methyl/N-ethyl adjacent to an activating group) is 1. The van der Waals surface area contributed by atoms with Crippen LogP contribution < -0.4 is 9.47 Å². The molecule has 3 aromatic carbocycles. The fourth-order valence-electron chi connectivity index (χ4n) is 3.49. The van der Waals surface area contributed by atoms with Crippen molar-refractivity contribution < 1.29 is 28.6 Å². The highest BCUT2D eigenvalue weighted by Crippen LogP contribution is 2.36. The van der Waals surface area contributed by atoms with Crippen LogP contribution in [-0.4, -0.2) is 40.7 Å². The maximum Gasteiger partial charge on any atom is 0.335 e. The number of benzene rings is 3. The summed E-state index contributed by atoms with van der Waals surface area (Å²) in [4.78, 5) is 30.6. The first-order valence-corrected chi connectivity index (χ1v) is 11.9. The highest BCUT2D eigenvalue weighted by Gasteiger charge is 2.32. The van der Waals surface area contributed by atoms with E-state index in [0.29, 0.717) is 39.4 Å². The summed E-state index contributed by atoms with van der Waals surface area (Å²) in [7, 11) is 1.52. The van der Waals surface area contributed by atoms with Crippen molar-refractivity contribution in [3.8, 4) is 11.5 Å². The molecule has 9 heteroatoms. The second kappa shape index (κ2) is 11.1. The first kappa shape index (κ1) is 25.0. The number of hydrogen-bond donors (Lipinski definition) is 1. The molecule has 1 aliphatic heterocycles. The number of amidine groups is 1. The van der Waals surface area contributed by atoms with Crippen LogP contribution in [0.15, 0.2) is 76.6 Å². The predicted molar refractivity (Wildman–Crippen MR) is 137 cm³/mol. The molecule has 7 nitrogen and oxygen atoms in total. The highest BCUT2D eigenvalue weighted by atomic mass is 32.2. The van der Waals surface area contributed by atoms with Crippen LogP contribution in [0, 0.1) is 5.82 Å². The summed E-state index contributed by atoms with van der Waals surface area (Å²) in [5.41, 5.74) is 2.15. The Labute approximate surface area is 211 Å². The maximum absolute atomic E-state index is 13.4. The Kier molecular flexibility index (Phi) is 7.70. The number of nitrogens with zero attached hydrogens (tertiary/aromatic N) is 2. The van der Waals surface area contributed by atoms with E-state index >= 15 is 0 Å². The molecule has 0 bridgehead atoms. The van der Waals surface area contributed by atoms with E-state index in [2.05, 4.69) is 4.99 Å². The van der Waals surface area contributed by atoms with E-state index in [9.17, 15) is 14.0 Å². The number of halogens is 1. The van der Waals surface area contributed by atoms with E-state index in [4.69, 9.17) is 14.6 Å². The summed E-state index contributed by atoms with van der Waals surface area (Å²) in [6, 6.07) is 17.6. The molecule has 0 atom stereocenters. The number of aliphatic imine (C=N–C) groups is 1. The lowest BCUT2D eigenvalue weighted by atomic mass is 10.1. The van der Waals surface area contributed by atoms with Crippen molar-refractivity contribution in [1.29, 1.82) is 0 Å². The predicted octanol–water partition coefficient (Wildman–Crippen LogP) is 5.74. The lowest BCUT2D eigenvalue weighted by molar-refractivity contribution is -0.122. The molecular formula is C27H23FN2O5S. The van der Waals surface area contributed by atoms with Crippen molar-refractivity contribution in [1.82, 2.24) is 4.90 Å². The van der Waals surface area contributed by atoms with Crippen molar-refractivity contribution in [3.05, 3.63) is 94.1 Å². The largest absolute Gasteiger partial charge is 0.493 e. The second-order valence-electron chi connectivity index (χ2n) is 7.74. The van der Waals surface area contributed by atoms with Gasteiger partial charge in [-0.1, -0.05) is 18.2 Å². The minimum absolute atomic E-state index is 0.166. The molecular weight excluding hydrogens is 483 g/mol. The molecule has 36 heavy (non-hydrogen) atoms. The number of hydrogen-bond acceptors (Lipinski definition) is 6. The number of aromatic carboxylic acids is 1. The summed E-state index contributed by atoms with van der Waals surface area (Å²) < 4.78 is 24.7. The van der Waals surface area contributed by atoms with Gasteiger partial charge in [-0.3, -0.25) is 9.69 Å². The molecule has 0 unspecified atom stereocenters. The van der Waals surface area contributed by atoms with Crippen LogP contribution in [0.1, 0.15) is 28.4 Å². The molecule has 1 fully saturated rings. The minimum atomic E-state index is -1.01. The van der Waals surface area contributed by atoms with E-state index in [0.717, 1.165) is 5.56 Å². The number of rotatable bonds is 8. The molecule has 1 N–H and O–H groups in total. The lowest BCUT2D eigenvalue weighted by Gasteiger charge is -2.12. The van der Waals surface area contributed by atoms with Crippen molar-refractivity contribution in [3.63, 3.8) is 0 Å². The first-order valence-electron chi connectivity index (χ1n) is 11.1. The molecule has 0 spiro atoms. The van der Waals surface area contributed by atoms with E-state index in [1.165, 1.54) is 43.1 Å². The molecule has 0 radical (unpaired) electrons. The van der Waals surface area contributed by atoms with Crippen molar-refractivity contribution in [2.24, 2.45) is 4.99 Å². The van der Waals surface area contributed by atoms with Gasteiger partial charge in [-0.2, -0.15) is 0 Å². The molecule has 184 valence electrons.